The van der Waals surface area contributed by atoms with Gasteiger partial charge in [0, 0.05) is 31.7 Å². The van der Waals surface area contributed by atoms with Crippen molar-refractivity contribution in [3.8, 4) is 5.75 Å². The third-order valence-corrected chi connectivity index (χ3v) is 8.54. The van der Waals surface area contributed by atoms with Crippen LogP contribution in [0.5, 0.6) is 5.75 Å². The Labute approximate surface area is 209 Å². The molecule has 0 amide bonds. The minimum atomic E-state index is 0.356. The van der Waals surface area contributed by atoms with E-state index in [0.717, 1.165) is 31.7 Å². The fourth-order valence-corrected chi connectivity index (χ4v) is 6.82. The van der Waals surface area contributed by atoms with Gasteiger partial charge in [-0.1, -0.05) is 66.7 Å². The van der Waals surface area contributed by atoms with Crippen LogP contribution in [0.4, 0.5) is 0 Å². The number of hydrogen-bond acceptors (Lipinski definition) is 3. The predicted molar refractivity (Wildman–Crippen MR) is 146 cm³/mol. The minimum absolute atomic E-state index is 0.356. The van der Waals surface area contributed by atoms with Gasteiger partial charge >= 0.3 is 0 Å². The fourth-order valence-electron chi connectivity index (χ4n) is 6.82. The Balaban J connectivity index is 1.22. The van der Waals surface area contributed by atoms with Gasteiger partial charge in [-0.05, 0) is 89.8 Å². The Bertz CT molecular complexity index is 1260. The molecule has 3 nitrogen and oxygen atoms in total. The van der Waals surface area contributed by atoms with Crippen molar-refractivity contribution >= 4 is 21.5 Å². The van der Waals surface area contributed by atoms with Gasteiger partial charge < -0.3 is 5.11 Å². The van der Waals surface area contributed by atoms with Crippen molar-refractivity contribution in [3.05, 3.63) is 89.5 Å². The van der Waals surface area contributed by atoms with Crippen LogP contribution in [0, 0.1) is 12.3 Å². The van der Waals surface area contributed by atoms with Gasteiger partial charge in [0.25, 0.3) is 0 Å². The summed E-state index contributed by atoms with van der Waals surface area (Å²) in [5.74, 6) is 0.431. The molecule has 2 saturated heterocycles. The summed E-state index contributed by atoms with van der Waals surface area (Å²) in [7, 11) is 0. The van der Waals surface area contributed by atoms with Gasteiger partial charge in [0.1, 0.15) is 5.75 Å². The van der Waals surface area contributed by atoms with Crippen LogP contribution in [-0.2, 0) is 13.1 Å². The smallest absolute Gasteiger partial charge is 0.120 e. The molecule has 2 aliphatic rings. The summed E-state index contributed by atoms with van der Waals surface area (Å²) < 4.78 is 0. The summed E-state index contributed by atoms with van der Waals surface area (Å²) in [6.07, 6.45) is 5.15. The van der Waals surface area contributed by atoms with Gasteiger partial charge in [-0.3, -0.25) is 9.80 Å². The molecule has 0 saturated carbocycles. The van der Waals surface area contributed by atoms with Gasteiger partial charge in [-0.2, -0.15) is 0 Å². The molecule has 6 rings (SSSR count). The van der Waals surface area contributed by atoms with Crippen LogP contribution < -0.4 is 0 Å². The number of nitrogens with zero attached hydrogens (tertiary/aromatic N) is 2. The van der Waals surface area contributed by atoms with Crippen molar-refractivity contribution in [2.75, 3.05) is 26.2 Å². The molecule has 4 aromatic rings. The van der Waals surface area contributed by atoms with Crippen molar-refractivity contribution in [2.45, 2.75) is 45.7 Å². The van der Waals surface area contributed by atoms with Crippen molar-refractivity contribution in [2.24, 2.45) is 5.41 Å². The van der Waals surface area contributed by atoms with E-state index >= 15 is 0 Å². The number of benzene rings is 4. The zero-order chi connectivity index (χ0) is 23.8. The predicted octanol–water partition coefficient (Wildman–Crippen LogP) is 6.89. The molecule has 1 N–H and O–H groups in total. The van der Waals surface area contributed by atoms with Crippen molar-refractivity contribution < 1.29 is 5.11 Å². The highest BCUT2D eigenvalue weighted by molar-refractivity contribution is 5.88. The van der Waals surface area contributed by atoms with Crippen molar-refractivity contribution in [1.82, 2.24) is 9.80 Å². The second-order valence-electron chi connectivity index (χ2n) is 11.0. The zero-order valence-electron chi connectivity index (χ0n) is 20.8. The highest BCUT2D eigenvalue weighted by Gasteiger charge is 2.39. The van der Waals surface area contributed by atoms with E-state index in [1.807, 2.05) is 12.1 Å². The molecule has 2 aliphatic heterocycles. The van der Waals surface area contributed by atoms with Crippen LogP contribution in [0.2, 0.25) is 0 Å². The first-order valence-electron chi connectivity index (χ1n) is 13.2. The van der Waals surface area contributed by atoms with Gasteiger partial charge in [-0.25, -0.2) is 0 Å². The van der Waals surface area contributed by atoms with E-state index in [9.17, 15) is 5.11 Å². The first kappa shape index (κ1) is 22.6. The number of aromatic hydroxyl groups is 1. The Kier molecular flexibility index (Phi) is 5.99. The molecule has 0 radical (unpaired) electrons. The van der Waals surface area contributed by atoms with E-state index < -0.39 is 0 Å². The molecule has 1 unspecified atom stereocenters. The summed E-state index contributed by atoms with van der Waals surface area (Å²) >= 11 is 0. The third-order valence-electron chi connectivity index (χ3n) is 8.54. The molecular formula is C32H36N2O. The van der Waals surface area contributed by atoms with E-state index in [2.05, 4.69) is 77.4 Å². The van der Waals surface area contributed by atoms with E-state index in [-0.39, 0.29) is 0 Å². The zero-order valence-corrected chi connectivity index (χ0v) is 20.8. The number of fused-ring (bicyclic) bond motifs is 2. The van der Waals surface area contributed by atoms with Gasteiger partial charge in [0.2, 0.25) is 0 Å². The van der Waals surface area contributed by atoms with Crippen molar-refractivity contribution in [3.63, 3.8) is 0 Å². The topological polar surface area (TPSA) is 26.7 Å². The molecule has 180 valence electrons. The normalized spacial score (nSPS) is 21.7. The number of rotatable bonds is 4. The summed E-state index contributed by atoms with van der Waals surface area (Å²) in [6.45, 7) is 8.74. The Morgan fingerprint density at radius 3 is 1.89 bits per heavy atom. The monoisotopic (exact) mass is 464 g/mol. The number of likely N-dealkylation sites (tertiary alicyclic amines) is 2. The Morgan fingerprint density at radius 1 is 0.686 bits per heavy atom. The molecule has 0 bridgehead atoms. The molecule has 2 heterocycles. The number of phenolic OH excluding ortho intramolecular Hbond substituents is 1. The number of phenols is 1. The lowest BCUT2D eigenvalue weighted by atomic mass is 9.73. The highest BCUT2D eigenvalue weighted by Crippen LogP contribution is 2.40. The summed E-state index contributed by atoms with van der Waals surface area (Å²) in [5.41, 5.74) is 4.34. The van der Waals surface area contributed by atoms with Crippen LogP contribution in [0.3, 0.4) is 0 Å². The van der Waals surface area contributed by atoms with Crippen LogP contribution in [-0.4, -0.2) is 41.1 Å². The van der Waals surface area contributed by atoms with Gasteiger partial charge in [-0.15, -0.1) is 0 Å². The quantitative estimate of drug-likeness (QED) is 0.356. The molecule has 1 atom stereocenters. The molecule has 0 aromatic heterocycles. The third kappa shape index (κ3) is 4.44. The van der Waals surface area contributed by atoms with Crippen LogP contribution >= 0.6 is 0 Å². The molecule has 3 heteroatoms. The maximum Gasteiger partial charge on any atom is 0.120 e. The maximum atomic E-state index is 10.7. The molecule has 35 heavy (non-hydrogen) atoms. The highest BCUT2D eigenvalue weighted by atomic mass is 16.3. The summed E-state index contributed by atoms with van der Waals surface area (Å²) in [4.78, 5) is 5.33. The molecule has 2 fully saturated rings. The molecule has 4 aromatic carbocycles. The summed E-state index contributed by atoms with van der Waals surface area (Å²) in [6, 6.07) is 25.7. The van der Waals surface area contributed by atoms with Crippen molar-refractivity contribution in [1.29, 1.82) is 0 Å². The number of piperidine rings is 2. The standard InChI is InChI=1S/C32H36N2O/c1-24-12-13-25-8-2-4-10-27(25)29(24)20-33-18-6-16-32(22-33)17-7-19-34(23-32)21-30-28-11-5-3-9-26(28)14-15-31(30)35/h2-5,8-15,35H,6-7,16-23H2,1H3. The summed E-state index contributed by atoms with van der Waals surface area (Å²) in [5, 5.41) is 15.9. The van der Waals surface area contributed by atoms with E-state index in [1.54, 1.807) is 0 Å². The Hall–Kier alpha value is -2.88. The Morgan fingerprint density at radius 2 is 1.23 bits per heavy atom. The van der Waals surface area contributed by atoms with Gasteiger partial charge in [0.05, 0.1) is 0 Å². The lowest BCUT2D eigenvalue weighted by Crippen LogP contribution is -2.51. The first-order valence-corrected chi connectivity index (χ1v) is 13.2. The van der Waals surface area contributed by atoms with Crippen LogP contribution in [0.15, 0.2) is 72.8 Å². The van der Waals surface area contributed by atoms with Crippen LogP contribution in [0.1, 0.15) is 42.4 Å². The second-order valence-corrected chi connectivity index (χ2v) is 11.0. The molecule has 0 aliphatic carbocycles. The van der Waals surface area contributed by atoms with E-state index in [4.69, 9.17) is 0 Å². The number of hydrogen-bond donors (Lipinski definition) is 1. The molecular weight excluding hydrogens is 428 g/mol. The average Bonchev–Trinajstić information content (AvgIpc) is 2.88. The fraction of sp³-hybridized carbons (Fsp3) is 0.375. The largest absolute Gasteiger partial charge is 0.508 e. The van der Waals surface area contributed by atoms with E-state index in [0.29, 0.717) is 11.2 Å². The SMILES string of the molecule is Cc1ccc2ccccc2c1CN1CCCC2(CCCN(Cc3c(O)ccc4ccccc34)C2)C1. The number of aryl methyl sites for hydroxylation is 1. The minimum Gasteiger partial charge on any atom is -0.508 e. The van der Waals surface area contributed by atoms with E-state index in [1.165, 1.54) is 71.4 Å². The molecule has 1 spiro atoms. The lowest BCUT2D eigenvalue weighted by Gasteiger charge is -2.49. The van der Waals surface area contributed by atoms with Gasteiger partial charge in [0.15, 0.2) is 0 Å². The average molecular weight is 465 g/mol. The maximum absolute atomic E-state index is 10.7. The lowest BCUT2D eigenvalue weighted by molar-refractivity contribution is 0.00776. The second kappa shape index (κ2) is 9.29. The van der Waals surface area contributed by atoms with Crippen LogP contribution in [0.25, 0.3) is 21.5 Å². The first-order chi connectivity index (χ1) is 17.1.